The van der Waals surface area contributed by atoms with E-state index in [0.29, 0.717) is 23.5 Å². The fraction of sp³-hybridized carbons (Fsp3) is 0.514. The Balaban J connectivity index is 1.02. The van der Waals surface area contributed by atoms with Gasteiger partial charge in [0.25, 0.3) is 0 Å². The van der Waals surface area contributed by atoms with Crippen LogP contribution in [0.25, 0.3) is 4.91 Å². The lowest BCUT2D eigenvalue weighted by molar-refractivity contribution is 0.00963. The number of hydrogen-bond acceptors (Lipinski definition) is 7. The van der Waals surface area contributed by atoms with Crippen molar-refractivity contribution in [2.75, 3.05) is 50.0 Å². The minimum absolute atomic E-state index is 0.226. The van der Waals surface area contributed by atoms with Gasteiger partial charge in [0.05, 0.1) is 30.5 Å². The van der Waals surface area contributed by atoms with Gasteiger partial charge in [-0.25, -0.2) is 9.80 Å². The number of carbonyl (C=O) groups excluding carboxylic acids is 1. The van der Waals surface area contributed by atoms with Crippen molar-refractivity contribution in [2.45, 2.75) is 76.4 Å². The molecule has 2 N–H and O–H groups in total. The molecule has 5 fully saturated rings. The number of rotatable bonds is 6. The smallest absolute Gasteiger partial charge is 0.323 e. The molecule has 8 rings (SSSR count). The second-order valence-corrected chi connectivity index (χ2v) is 14.4. The summed E-state index contributed by atoms with van der Waals surface area (Å²) in [5, 5.41) is 12.1. The molecule has 2 aromatic rings. The summed E-state index contributed by atoms with van der Waals surface area (Å²) in [6, 6.07) is 17.8. The van der Waals surface area contributed by atoms with Crippen LogP contribution in [0.2, 0.25) is 0 Å². The highest BCUT2D eigenvalue weighted by molar-refractivity contribution is 8.11. The Bertz CT molecular complexity index is 1380. The van der Waals surface area contributed by atoms with Crippen LogP contribution in [0.15, 0.2) is 66.0 Å². The third-order valence-electron chi connectivity index (χ3n) is 10.4. The number of fused-ring (bicyclic) bond motifs is 3. The standard InChI is InChI=1S/C35H46N6O2S/c1-25-4-5-26(2)41(25)39-22-32(44-33(23-39)40-20-21-43-24-27(40)3)28-6-10-30(11-7-28)36-34(42)37-31-12-8-29(9-13-31)35-14-17-38(18-15-35)19-16-35/h6-13,22-23,25-27H,4-5,14-21,24H2,1-3H3,(H2,36,37,42)/t25-,26+,27-/m1/s1. The van der Waals surface area contributed by atoms with Crippen LogP contribution in [0.4, 0.5) is 16.2 Å². The molecule has 2 aromatic carbocycles. The molecule has 234 valence electrons. The van der Waals surface area contributed by atoms with Crippen molar-refractivity contribution < 1.29 is 9.53 Å². The van der Waals surface area contributed by atoms with Crippen molar-refractivity contribution in [2.24, 2.45) is 0 Å². The van der Waals surface area contributed by atoms with Crippen LogP contribution < -0.4 is 10.6 Å². The van der Waals surface area contributed by atoms with E-state index in [1.54, 1.807) is 0 Å². The molecule has 2 amide bonds. The molecule has 0 unspecified atom stereocenters. The monoisotopic (exact) mass is 614 g/mol. The molecule has 6 aliphatic heterocycles. The van der Waals surface area contributed by atoms with Crippen LogP contribution in [0.3, 0.4) is 0 Å². The highest BCUT2D eigenvalue weighted by Crippen LogP contribution is 2.44. The zero-order valence-electron chi connectivity index (χ0n) is 26.3. The normalized spacial score (nSPS) is 30.6. The molecule has 44 heavy (non-hydrogen) atoms. The number of urea groups is 1. The quantitative estimate of drug-likeness (QED) is 0.375. The van der Waals surface area contributed by atoms with Gasteiger partial charge >= 0.3 is 6.03 Å². The molecule has 0 spiro atoms. The Kier molecular flexibility index (Phi) is 8.39. The molecule has 0 saturated carbocycles. The number of hydrazine groups is 1. The lowest BCUT2D eigenvalue weighted by atomic mass is 9.67. The van der Waals surface area contributed by atoms with Crippen LogP contribution in [0.1, 0.15) is 64.0 Å². The molecule has 9 heteroatoms. The van der Waals surface area contributed by atoms with Gasteiger partial charge in [-0.2, -0.15) is 0 Å². The van der Waals surface area contributed by atoms with E-state index >= 15 is 0 Å². The number of benzene rings is 2. The van der Waals surface area contributed by atoms with Gasteiger partial charge in [-0.3, -0.25) is 5.01 Å². The Labute approximate surface area is 266 Å². The molecule has 6 aliphatic rings. The summed E-state index contributed by atoms with van der Waals surface area (Å²) in [4.78, 5) is 19.2. The van der Waals surface area contributed by atoms with Gasteiger partial charge in [0.15, 0.2) is 0 Å². The average molecular weight is 615 g/mol. The third kappa shape index (κ3) is 5.99. The lowest BCUT2D eigenvalue weighted by Gasteiger charge is -2.48. The number of thioether (sulfide) groups is 1. The molecule has 3 atom stereocenters. The topological polar surface area (TPSA) is 63.3 Å². The van der Waals surface area contributed by atoms with Crippen molar-refractivity contribution in [3.8, 4) is 0 Å². The predicted octanol–water partition coefficient (Wildman–Crippen LogP) is 6.72. The van der Waals surface area contributed by atoms with Crippen molar-refractivity contribution >= 4 is 34.1 Å². The largest absolute Gasteiger partial charge is 0.377 e. The summed E-state index contributed by atoms with van der Waals surface area (Å²) >= 11 is 1.82. The third-order valence-corrected chi connectivity index (χ3v) is 11.5. The first-order valence-corrected chi connectivity index (χ1v) is 17.2. The van der Waals surface area contributed by atoms with E-state index in [2.05, 4.69) is 100 Å². The number of ether oxygens (including phenoxy) is 1. The van der Waals surface area contributed by atoms with Crippen LogP contribution in [0, 0.1) is 0 Å². The van der Waals surface area contributed by atoms with Gasteiger partial charge in [0, 0.05) is 41.1 Å². The summed E-state index contributed by atoms with van der Waals surface area (Å²) < 4.78 is 5.74. The zero-order valence-corrected chi connectivity index (χ0v) is 27.1. The molecule has 0 radical (unpaired) electrons. The van der Waals surface area contributed by atoms with Gasteiger partial charge in [0.1, 0.15) is 0 Å². The van der Waals surface area contributed by atoms with E-state index < -0.39 is 0 Å². The summed E-state index contributed by atoms with van der Waals surface area (Å²) in [6.07, 6.45) is 10.7. The molecule has 6 heterocycles. The van der Waals surface area contributed by atoms with Crippen LogP contribution >= 0.6 is 11.8 Å². The number of anilines is 2. The maximum Gasteiger partial charge on any atom is 0.323 e. The maximum atomic E-state index is 12.9. The van der Waals surface area contributed by atoms with Crippen molar-refractivity contribution in [3.05, 3.63) is 77.1 Å². The van der Waals surface area contributed by atoms with E-state index in [4.69, 9.17) is 4.74 Å². The SMILES string of the molecule is C[C@@H]1COCCN1C1=CN(N2[C@H](C)CC[C@@H]2C)C=C(c2ccc(NC(=O)Nc3ccc(C45CCN(CC4)CC5)cc3)cc2)S1. The van der Waals surface area contributed by atoms with Gasteiger partial charge < -0.3 is 25.2 Å². The first-order chi connectivity index (χ1) is 21.4. The van der Waals surface area contributed by atoms with Crippen LogP contribution in [-0.2, 0) is 10.2 Å². The first kappa shape index (κ1) is 29.7. The van der Waals surface area contributed by atoms with Crippen molar-refractivity contribution in [1.82, 2.24) is 19.8 Å². The van der Waals surface area contributed by atoms with E-state index in [9.17, 15) is 4.79 Å². The Morgan fingerprint density at radius 1 is 0.818 bits per heavy atom. The number of hydrogen-bond donors (Lipinski definition) is 2. The van der Waals surface area contributed by atoms with Crippen molar-refractivity contribution in [1.29, 1.82) is 0 Å². The van der Waals surface area contributed by atoms with Crippen LogP contribution in [0.5, 0.6) is 0 Å². The lowest BCUT2D eigenvalue weighted by Crippen LogP contribution is -2.50. The maximum absolute atomic E-state index is 12.9. The highest BCUT2D eigenvalue weighted by atomic mass is 32.2. The minimum Gasteiger partial charge on any atom is -0.377 e. The molecule has 0 aromatic heterocycles. The molecule has 0 aliphatic carbocycles. The Morgan fingerprint density at radius 3 is 2.05 bits per heavy atom. The fourth-order valence-corrected chi connectivity index (χ4v) is 8.89. The first-order valence-electron chi connectivity index (χ1n) is 16.4. The molecule has 5 saturated heterocycles. The highest BCUT2D eigenvalue weighted by Gasteiger charge is 2.40. The van der Waals surface area contributed by atoms with Crippen molar-refractivity contribution in [3.63, 3.8) is 0 Å². The Morgan fingerprint density at radius 2 is 1.43 bits per heavy atom. The Hall–Kier alpha value is -2.98. The molecular weight excluding hydrogens is 568 g/mol. The number of piperidine rings is 3. The van der Waals surface area contributed by atoms with Gasteiger partial charge in [-0.1, -0.05) is 36.0 Å². The predicted molar refractivity (Wildman–Crippen MR) is 180 cm³/mol. The van der Waals surface area contributed by atoms with E-state index in [1.807, 2.05) is 23.9 Å². The van der Waals surface area contributed by atoms with Gasteiger partial charge in [-0.05, 0) is 113 Å². The summed E-state index contributed by atoms with van der Waals surface area (Å²) in [5.74, 6) is 0. The van der Waals surface area contributed by atoms with E-state index in [0.717, 1.165) is 36.7 Å². The number of nitrogens with zero attached hydrogens (tertiary/aromatic N) is 4. The van der Waals surface area contributed by atoms with E-state index in [-0.39, 0.29) is 6.03 Å². The van der Waals surface area contributed by atoms with E-state index in [1.165, 1.54) is 67.2 Å². The molecule has 8 nitrogen and oxygen atoms in total. The zero-order chi connectivity index (χ0) is 30.3. The second-order valence-electron chi connectivity index (χ2n) is 13.3. The molecular formula is C35H46N6O2S. The second kappa shape index (κ2) is 12.4. The summed E-state index contributed by atoms with van der Waals surface area (Å²) in [5.41, 5.74) is 4.47. The average Bonchev–Trinajstić information content (AvgIpc) is 3.39. The minimum atomic E-state index is -0.226. The van der Waals surface area contributed by atoms with Crippen LogP contribution in [-0.4, -0.2) is 83.4 Å². The summed E-state index contributed by atoms with van der Waals surface area (Å²) in [6.45, 7) is 12.9. The number of amides is 2. The molecule has 2 bridgehead atoms. The number of carbonyl (C=O) groups is 1. The summed E-state index contributed by atoms with van der Waals surface area (Å²) in [7, 11) is 0. The number of morpholine rings is 1. The number of nitrogens with one attached hydrogen (secondary N) is 2. The van der Waals surface area contributed by atoms with Gasteiger partial charge in [-0.15, -0.1) is 0 Å². The fourth-order valence-electron chi connectivity index (χ4n) is 7.70. The van der Waals surface area contributed by atoms with Gasteiger partial charge in [0.2, 0.25) is 0 Å².